The molecule has 7 heteroatoms. The third-order valence-electron chi connectivity index (χ3n) is 2.74. The highest BCUT2D eigenvalue weighted by atomic mass is 32.2. The summed E-state index contributed by atoms with van der Waals surface area (Å²) in [6.45, 7) is 1.51. The van der Waals surface area contributed by atoms with E-state index in [-0.39, 0.29) is 27.8 Å². The van der Waals surface area contributed by atoms with Crippen molar-refractivity contribution in [3.8, 4) is 0 Å². The van der Waals surface area contributed by atoms with E-state index < -0.39 is 21.7 Å². The molecule has 1 unspecified atom stereocenters. The molecule has 0 bridgehead atoms. The van der Waals surface area contributed by atoms with E-state index in [1.165, 1.54) is 19.1 Å². The third kappa shape index (κ3) is 2.08. The molecule has 1 aliphatic rings. The Morgan fingerprint density at radius 3 is 2.72 bits per heavy atom. The predicted octanol–water partition coefficient (Wildman–Crippen LogP) is 0.747. The molecule has 1 heterocycles. The number of carboxylic acid groups (broad SMARTS) is 1. The zero-order valence-electron chi connectivity index (χ0n) is 9.50. The van der Waals surface area contributed by atoms with Crippen LogP contribution in [0.4, 0.5) is 5.69 Å². The quantitative estimate of drug-likeness (QED) is 0.783. The second-order valence-corrected chi connectivity index (χ2v) is 6.19. The van der Waals surface area contributed by atoms with E-state index in [0.29, 0.717) is 0 Å². The molecule has 18 heavy (non-hydrogen) atoms. The first-order valence-electron chi connectivity index (χ1n) is 5.22. The van der Waals surface area contributed by atoms with Gasteiger partial charge in [-0.2, -0.15) is 0 Å². The molecular weight excluding hydrogens is 258 g/mol. The Balaban J connectivity index is 2.65. The van der Waals surface area contributed by atoms with Crippen molar-refractivity contribution in [3.05, 3.63) is 23.8 Å². The number of sulfone groups is 1. The van der Waals surface area contributed by atoms with Crippen LogP contribution in [0, 0.1) is 5.92 Å². The van der Waals surface area contributed by atoms with E-state index in [0.717, 1.165) is 6.07 Å². The predicted molar refractivity (Wildman–Crippen MR) is 63.2 cm³/mol. The van der Waals surface area contributed by atoms with Crippen molar-refractivity contribution in [2.24, 2.45) is 5.92 Å². The van der Waals surface area contributed by atoms with Crippen LogP contribution in [0.3, 0.4) is 0 Å². The number of fused-ring (bicyclic) bond motifs is 1. The number of benzene rings is 1. The minimum Gasteiger partial charge on any atom is -0.478 e. The van der Waals surface area contributed by atoms with Gasteiger partial charge in [0, 0.05) is 5.92 Å². The summed E-state index contributed by atoms with van der Waals surface area (Å²) >= 11 is 0. The van der Waals surface area contributed by atoms with Crippen LogP contribution in [0.15, 0.2) is 23.1 Å². The molecule has 0 saturated heterocycles. The van der Waals surface area contributed by atoms with Crippen molar-refractivity contribution >= 4 is 27.4 Å². The maximum atomic E-state index is 12.0. The number of amides is 1. The van der Waals surface area contributed by atoms with Gasteiger partial charge in [0.2, 0.25) is 5.91 Å². The largest absolute Gasteiger partial charge is 0.478 e. The number of hydrogen-bond donors (Lipinski definition) is 2. The van der Waals surface area contributed by atoms with Gasteiger partial charge in [0.15, 0.2) is 9.84 Å². The normalized spacial score (nSPS) is 21.6. The maximum Gasteiger partial charge on any atom is 0.335 e. The maximum absolute atomic E-state index is 12.0. The van der Waals surface area contributed by atoms with Gasteiger partial charge in [-0.1, -0.05) is 6.92 Å². The number of rotatable bonds is 1. The number of anilines is 1. The van der Waals surface area contributed by atoms with Crippen molar-refractivity contribution < 1.29 is 23.1 Å². The summed E-state index contributed by atoms with van der Waals surface area (Å²) in [6.07, 6.45) is 0. The minimum absolute atomic E-state index is 0.124. The molecule has 1 aromatic carbocycles. The highest BCUT2D eigenvalue weighted by Gasteiger charge is 2.30. The van der Waals surface area contributed by atoms with E-state index in [2.05, 4.69) is 5.32 Å². The molecule has 2 N–H and O–H groups in total. The van der Waals surface area contributed by atoms with E-state index in [4.69, 9.17) is 5.11 Å². The van der Waals surface area contributed by atoms with E-state index in [1.807, 2.05) is 0 Å². The van der Waals surface area contributed by atoms with Gasteiger partial charge in [-0.25, -0.2) is 13.2 Å². The van der Waals surface area contributed by atoms with Gasteiger partial charge >= 0.3 is 5.97 Å². The van der Waals surface area contributed by atoms with Crippen molar-refractivity contribution in [3.63, 3.8) is 0 Å². The lowest BCUT2D eigenvalue weighted by Crippen LogP contribution is -2.22. The molecule has 0 radical (unpaired) electrons. The number of aromatic carboxylic acids is 1. The van der Waals surface area contributed by atoms with Gasteiger partial charge in [0.25, 0.3) is 0 Å². The number of hydrogen-bond acceptors (Lipinski definition) is 4. The average molecular weight is 269 g/mol. The second kappa shape index (κ2) is 4.09. The summed E-state index contributed by atoms with van der Waals surface area (Å²) in [7, 11) is -3.66. The Hall–Kier alpha value is -1.89. The van der Waals surface area contributed by atoms with Crippen molar-refractivity contribution in [2.45, 2.75) is 11.8 Å². The fourth-order valence-corrected chi connectivity index (χ4v) is 3.52. The lowest BCUT2D eigenvalue weighted by atomic mass is 10.2. The minimum atomic E-state index is -3.66. The van der Waals surface area contributed by atoms with Crippen LogP contribution in [-0.2, 0) is 14.6 Å². The zero-order chi connectivity index (χ0) is 13.5. The standard InChI is InChI=1S/C11H11NO5S/c1-6-5-18(16,17)9-4-7(11(14)15)2-3-8(9)12-10(6)13/h2-4,6H,5H2,1H3,(H,12,13)(H,14,15). The number of carboxylic acids is 1. The SMILES string of the molecule is CC1CS(=O)(=O)c2cc(C(=O)O)ccc2NC1=O. The van der Waals surface area contributed by atoms with Crippen LogP contribution in [0.1, 0.15) is 17.3 Å². The number of carbonyl (C=O) groups excluding carboxylic acids is 1. The molecule has 2 rings (SSSR count). The first-order valence-corrected chi connectivity index (χ1v) is 6.87. The van der Waals surface area contributed by atoms with Crippen molar-refractivity contribution in [1.82, 2.24) is 0 Å². The molecule has 1 atom stereocenters. The molecule has 0 fully saturated rings. The van der Waals surface area contributed by atoms with Crippen LogP contribution in [0.5, 0.6) is 0 Å². The van der Waals surface area contributed by atoms with Crippen LogP contribution in [-0.4, -0.2) is 31.2 Å². The summed E-state index contributed by atoms with van der Waals surface area (Å²) in [6, 6.07) is 3.63. The molecule has 0 spiro atoms. The zero-order valence-corrected chi connectivity index (χ0v) is 10.3. The monoisotopic (exact) mass is 269 g/mol. The highest BCUT2D eigenvalue weighted by Crippen LogP contribution is 2.28. The van der Waals surface area contributed by atoms with Crippen LogP contribution < -0.4 is 5.32 Å². The summed E-state index contributed by atoms with van der Waals surface area (Å²) < 4.78 is 24.1. The molecule has 0 aliphatic carbocycles. The summed E-state index contributed by atoms with van der Waals surface area (Å²) in [5.74, 6) is -2.60. The topological polar surface area (TPSA) is 101 Å². The van der Waals surface area contributed by atoms with Gasteiger partial charge in [-0.15, -0.1) is 0 Å². The fraction of sp³-hybridized carbons (Fsp3) is 0.273. The highest BCUT2D eigenvalue weighted by molar-refractivity contribution is 7.91. The second-order valence-electron chi connectivity index (χ2n) is 4.19. The molecule has 96 valence electrons. The van der Waals surface area contributed by atoms with Crippen molar-refractivity contribution in [2.75, 3.05) is 11.1 Å². The Morgan fingerprint density at radius 2 is 2.11 bits per heavy atom. The summed E-state index contributed by atoms with van der Waals surface area (Å²) in [5.41, 5.74) is 0.00970. The molecule has 6 nitrogen and oxygen atoms in total. The molecule has 0 aromatic heterocycles. The fourth-order valence-electron chi connectivity index (χ4n) is 1.77. The van der Waals surface area contributed by atoms with Crippen LogP contribution in [0.25, 0.3) is 0 Å². The Morgan fingerprint density at radius 1 is 1.44 bits per heavy atom. The van der Waals surface area contributed by atoms with Gasteiger partial charge in [-0.05, 0) is 18.2 Å². The molecule has 1 aromatic rings. The Labute approximate surface area is 104 Å². The molecule has 1 aliphatic heterocycles. The third-order valence-corrected chi connectivity index (χ3v) is 4.69. The molecule has 1 amide bonds. The average Bonchev–Trinajstić information content (AvgIpc) is 2.35. The summed E-state index contributed by atoms with van der Waals surface area (Å²) in [5, 5.41) is 11.3. The first-order chi connectivity index (χ1) is 8.31. The van der Waals surface area contributed by atoms with Gasteiger partial charge in [-0.3, -0.25) is 4.79 Å². The van der Waals surface area contributed by atoms with Crippen LogP contribution >= 0.6 is 0 Å². The number of carbonyl (C=O) groups is 2. The lowest BCUT2D eigenvalue weighted by Gasteiger charge is -2.07. The van der Waals surface area contributed by atoms with Crippen LogP contribution in [0.2, 0.25) is 0 Å². The molecule has 0 saturated carbocycles. The first kappa shape index (κ1) is 12.6. The Bertz CT molecular complexity index is 635. The number of nitrogens with one attached hydrogen (secondary N) is 1. The smallest absolute Gasteiger partial charge is 0.335 e. The Kier molecular flexibility index (Phi) is 2.86. The lowest BCUT2D eigenvalue weighted by molar-refractivity contribution is -0.118. The summed E-state index contributed by atoms with van der Waals surface area (Å²) in [4.78, 5) is 22.3. The van der Waals surface area contributed by atoms with Gasteiger partial charge in [0.05, 0.1) is 21.9 Å². The molecular formula is C11H11NO5S. The van der Waals surface area contributed by atoms with E-state index in [9.17, 15) is 18.0 Å². The van der Waals surface area contributed by atoms with E-state index in [1.54, 1.807) is 0 Å². The van der Waals surface area contributed by atoms with Gasteiger partial charge < -0.3 is 10.4 Å². The van der Waals surface area contributed by atoms with Gasteiger partial charge in [0.1, 0.15) is 0 Å². The van der Waals surface area contributed by atoms with E-state index >= 15 is 0 Å². The van der Waals surface area contributed by atoms with Crippen molar-refractivity contribution in [1.29, 1.82) is 0 Å².